The Bertz CT molecular complexity index is 412. The Morgan fingerprint density at radius 1 is 1.50 bits per heavy atom. The molecule has 0 radical (unpaired) electrons. The lowest BCUT2D eigenvalue weighted by molar-refractivity contribution is 0.0746. The molecule has 0 saturated carbocycles. The zero-order valence-electron chi connectivity index (χ0n) is 8.11. The van der Waals surface area contributed by atoms with Crippen LogP contribution in [0.5, 0.6) is 0 Å². The number of aliphatic hydroxyl groups is 1. The van der Waals surface area contributed by atoms with Gasteiger partial charge in [0.05, 0.1) is 11.4 Å². The molecule has 0 aromatic carbocycles. The van der Waals surface area contributed by atoms with E-state index < -0.39 is 5.60 Å². The van der Waals surface area contributed by atoms with E-state index in [0.717, 1.165) is 10.7 Å². The van der Waals surface area contributed by atoms with Gasteiger partial charge in [-0.15, -0.1) is 11.3 Å². The van der Waals surface area contributed by atoms with Crippen molar-refractivity contribution in [3.63, 3.8) is 0 Å². The molecule has 4 heteroatoms. The van der Waals surface area contributed by atoms with Gasteiger partial charge >= 0.3 is 0 Å². The van der Waals surface area contributed by atoms with Crippen LogP contribution < -0.4 is 0 Å². The standard InChI is InChI=1S/C10H12N2OS/c1-10(2,13)8-6-14-9(12-8)7-4-3-5-11-7/h3-6,11,13H,1-2H3. The van der Waals surface area contributed by atoms with Crippen molar-refractivity contribution < 1.29 is 5.11 Å². The minimum absolute atomic E-state index is 0.715. The van der Waals surface area contributed by atoms with E-state index in [1.54, 1.807) is 13.8 Å². The van der Waals surface area contributed by atoms with E-state index in [2.05, 4.69) is 9.97 Å². The summed E-state index contributed by atoms with van der Waals surface area (Å²) < 4.78 is 0. The smallest absolute Gasteiger partial charge is 0.140 e. The number of aromatic amines is 1. The second kappa shape index (κ2) is 3.22. The van der Waals surface area contributed by atoms with Gasteiger partial charge in [0, 0.05) is 11.6 Å². The molecule has 0 aliphatic heterocycles. The van der Waals surface area contributed by atoms with Gasteiger partial charge in [0.2, 0.25) is 0 Å². The quantitative estimate of drug-likeness (QED) is 0.796. The van der Waals surface area contributed by atoms with Crippen molar-refractivity contribution in [1.29, 1.82) is 0 Å². The molecule has 2 N–H and O–H groups in total. The van der Waals surface area contributed by atoms with Gasteiger partial charge in [0.25, 0.3) is 0 Å². The highest BCUT2D eigenvalue weighted by molar-refractivity contribution is 7.13. The summed E-state index contributed by atoms with van der Waals surface area (Å²) in [4.78, 5) is 7.45. The summed E-state index contributed by atoms with van der Waals surface area (Å²) in [7, 11) is 0. The number of hydrogen-bond acceptors (Lipinski definition) is 3. The maximum atomic E-state index is 9.73. The van der Waals surface area contributed by atoms with Crippen molar-refractivity contribution in [1.82, 2.24) is 9.97 Å². The first-order chi connectivity index (χ1) is 6.57. The van der Waals surface area contributed by atoms with Crippen LogP contribution in [0.4, 0.5) is 0 Å². The SMILES string of the molecule is CC(C)(O)c1csc(-c2ccc[nH]2)n1. The van der Waals surface area contributed by atoms with Gasteiger partial charge in [-0.05, 0) is 26.0 Å². The monoisotopic (exact) mass is 208 g/mol. The molecule has 74 valence electrons. The van der Waals surface area contributed by atoms with Crippen molar-refractivity contribution in [2.75, 3.05) is 0 Å². The Balaban J connectivity index is 2.36. The number of rotatable bonds is 2. The van der Waals surface area contributed by atoms with Crippen molar-refractivity contribution in [3.8, 4) is 10.7 Å². The molecule has 0 bridgehead atoms. The molecule has 14 heavy (non-hydrogen) atoms. The maximum Gasteiger partial charge on any atom is 0.140 e. The molecule has 0 fully saturated rings. The van der Waals surface area contributed by atoms with Gasteiger partial charge in [-0.3, -0.25) is 0 Å². The predicted molar refractivity (Wildman–Crippen MR) is 57.1 cm³/mol. The van der Waals surface area contributed by atoms with Gasteiger partial charge in [-0.25, -0.2) is 4.98 Å². The van der Waals surface area contributed by atoms with Crippen molar-refractivity contribution in [3.05, 3.63) is 29.4 Å². The Morgan fingerprint density at radius 2 is 2.29 bits per heavy atom. The third-order valence-electron chi connectivity index (χ3n) is 1.96. The molecule has 0 unspecified atom stereocenters. The van der Waals surface area contributed by atoms with Crippen LogP contribution in [-0.2, 0) is 5.60 Å². The number of thiazole rings is 1. The van der Waals surface area contributed by atoms with E-state index in [9.17, 15) is 5.11 Å². The van der Waals surface area contributed by atoms with Crippen LogP contribution in [-0.4, -0.2) is 15.1 Å². The van der Waals surface area contributed by atoms with Crippen LogP contribution in [0, 0.1) is 0 Å². The summed E-state index contributed by atoms with van der Waals surface area (Å²) in [5, 5.41) is 12.5. The lowest BCUT2D eigenvalue weighted by Gasteiger charge is -2.12. The minimum Gasteiger partial charge on any atom is -0.384 e. The maximum absolute atomic E-state index is 9.73. The van der Waals surface area contributed by atoms with E-state index in [1.807, 2.05) is 23.7 Å². The fourth-order valence-corrected chi connectivity index (χ4v) is 2.11. The van der Waals surface area contributed by atoms with Crippen LogP contribution in [0.2, 0.25) is 0 Å². The van der Waals surface area contributed by atoms with Crippen LogP contribution in [0.25, 0.3) is 10.7 Å². The van der Waals surface area contributed by atoms with Gasteiger partial charge in [-0.2, -0.15) is 0 Å². The number of nitrogens with zero attached hydrogens (tertiary/aromatic N) is 1. The molecule has 2 heterocycles. The highest BCUT2D eigenvalue weighted by Crippen LogP contribution is 2.27. The summed E-state index contributed by atoms with van der Waals surface area (Å²) in [5.41, 5.74) is 0.846. The average Bonchev–Trinajstić information content (AvgIpc) is 2.73. The highest BCUT2D eigenvalue weighted by Gasteiger charge is 2.19. The topological polar surface area (TPSA) is 48.9 Å². The molecule has 3 nitrogen and oxygen atoms in total. The average molecular weight is 208 g/mol. The molecule has 0 aliphatic carbocycles. The van der Waals surface area contributed by atoms with E-state index in [1.165, 1.54) is 11.3 Å². The molecular formula is C10H12N2OS. The minimum atomic E-state index is -0.860. The highest BCUT2D eigenvalue weighted by atomic mass is 32.1. The molecule has 0 saturated heterocycles. The number of aromatic nitrogens is 2. The number of H-pyrrole nitrogens is 1. The van der Waals surface area contributed by atoms with Gasteiger partial charge in [0.15, 0.2) is 0 Å². The summed E-state index contributed by atoms with van der Waals surface area (Å²) in [6, 6.07) is 3.90. The zero-order valence-corrected chi connectivity index (χ0v) is 8.93. The van der Waals surface area contributed by atoms with E-state index in [4.69, 9.17) is 0 Å². The molecule has 2 aromatic rings. The number of hydrogen-bond donors (Lipinski definition) is 2. The molecule has 0 aliphatic rings. The lowest BCUT2D eigenvalue weighted by atomic mass is 10.1. The van der Waals surface area contributed by atoms with E-state index >= 15 is 0 Å². The lowest BCUT2D eigenvalue weighted by Crippen LogP contribution is -2.15. The first-order valence-electron chi connectivity index (χ1n) is 4.39. The Kier molecular flexibility index (Phi) is 2.17. The second-order valence-electron chi connectivity index (χ2n) is 3.68. The van der Waals surface area contributed by atoms with Gasteiger partial charge < -0.3 is 10.1 Å². The van der Waals surface area contributed by atoms with E-state index in [0.29, 0.717) is 5.69 Å². The molecule has 0 spiro atoms. The third-order valence-corrected chi connectivity index (χ3v) is 2.83. The summed E-state index contributed by atoms with van der Waals surface area (Å²) in [6.07, 6.45) is 1.86. The Morgan fingerprint density at radius 3 is 2.79 bits per heavy atom. The summed E-state index contributed by atoms with van der Waals surface area (Å²) >= 11 is 1.53. The van der Waals surface area contributed by atoms with Crippen molar-refractivity contribution >= 4 is 11.3 Å². The fourth-order valence-electron chi connectivity index (χ4n) is 1.14. The Labute approximate surface area is 86.4 Å². The van der Waals surface area contributed by atoms with Gasteiger partial charge in [0.1, 0.15) is 10.6 Å². The molecule has 2 rings (SSSR count). The van der Waals surface area contributed by atoms with E-state index in [-0.39, 0.29) is 0 Å². The first-order valence-corrected chi connectivity index (χ1v) is 5.27. The first kappa shape index (κ1) is 9.43. The van der Waals surface area contributed by atoms with Crippen molar-refractivity contribution in [2.24, 2.45) is 0 Å². The molecule has 0 amide bonds. The van der Waals surface area contributed by atoms with Crippen LogP contribution in [0.15, 0.2) is 23.7 Å². The normalized spacial score (nSPS) is 11.9. The van der Waals surface area contributed by atoms with Crippen LogP contribution in [0.3, 0.4) is 0 Å². The fraction of sp³-hybridized carbons (Fsp3) is 0.300. The molecule has 0 atom stereocenters. The second-order valence-corrected chi connectivity index (χ2v) is 4.54. The van der Waals surface area contributed by atoms with Crippen LogP contribution in [0.1, 0.15) is 19.5 Å². The Hall–Kier alpha value is -1.13. The predicted octanol–water partition coefficient (Wildman–Crippen LogP) is 2.37. The summed E-state index contributed by atoms with van der Waals surface area (Å²) in [5.74, 6) is 0. The largest absolute Gasteiger partial charge is 0.384 e. The van der Waals surface area contributed by atoms with Crippen LogP contribution >= 0.6 is 11.3 Å². The zero-order chi connectivity index (χ0) is 10.2. The summed E-state index contributed by atoms with van der Waals surface area (Å²) in [6.45, 7) is 3.47. The van der Waals surface area contributed by atoms with Crippen molar-refractivity contribution in [2.45, 2.75) is 19.4 Å². The van der Waals surface area contributed by atoms with Gasteiger partial charge in [-0.1, -0.05) is 0 Å². The third kappa shape index (κ3) is 1.71. The molecule has 2 aromatic heterocycles. The number of nitrogens with one attached hydrogen (secondary N) is 1. The molecular weight excluding hydrogens is 196 g/mol.